The lowest BCUT2D eigenvalue weighted by molar-refractivity contribution is 0.102. The van der Waals surface area contributed by atoms with Crippen LogP contribution < -0.4 is 10.2 Å². The molecule has 0 aliphatic carbocycles. The molecule has 9 nitrogen and oxygen atoms in total. The molecule has 2 aromatic heterocycles. The quantitative estimate of drug-likeness (QED) is 0.768. The molecular formula is C16H17N5O4. The van der Waals surface area contributed by atoms with E-state index in [1.54, 1.807) is 19.9 Å². The molecular weight excluding hydrogens is 326 g/mol. The number of hydrogen-bond donors (Lipinski definition) is 1. The molecule has 0 unspecified atom stereocenters. The second-order valence-electron chi connectivity index (χ2n) is 5.85. The molecule has 1 fully saturated rings. The third-order valence-electron chi connectivity index (χ3n) is 4.25. The fourth-order valence-electron chi connectivity index (χ4n) is 3.01. The summed E-state index contributed by atoms with van der Waals surface area (Å²) in [6.07, 6.45) is 0. The molecule has 0 saturated carbocycles. The van der Waals surface area contributed by atoms with Gasteiger partial charge in [-0.2, -0.15) is 0 Å². The molecule has 1 aromatic carbocycles. The maximum atomic E-state index is 12.6. The number of morpholine rings is 1. The smallest absolute Gasteiger partial charge is 0.261 e. The highest BCUT2D eigenvalue weighted by atomic mass is 16.6. The Hall–Kier alpha value is -2.94. The molecule has 1 saturated heterocycles. The first-order valence-electron chi connectivity index (χ1n) is 7.97. The van der Waals surface area contributed by atoms with Crippen molar-refractivity contribution < 1.29 is 18.7 Å². The molecule has 1 aliphatic rings. The van der Waals surface area contributed by atoms with Crippen LogP contribution in [0.3, 0.4) is 0 Å². The van der Waals surface area contributed by atoms with Crippen molar-refractivity contribution in [2.75, 3.05) is 36.5 Å². The number of aromatic nitrogens is 3. The van der Waals surface area contributed by atoms with E-state index < -0.39 is 0 Å². The summed E-state index contributed by atoms with van der Waals surface area (Å²) in [5.74, 6) is 0.161. The number of hydrogen-bond acceptors (Lipinski definition) is 8. The zero-order chi connectivity index (χ0) is 17.4. The number of anilines is 2. The van der Waals surface area contributed by atoms with Gasteiger partial charge >= 0.3 is 0 Å². The number of ether oxygens (including phenoxy) is 1. The maximum absolute atomic E-state index is 12.6. The van der Waals surface area contributed by atoms with E-state index in [0.29, 0.717) is 47.0 Å². The molecule has 0 bridgehead atoms. The SMILES string of the molecule is Cc1noc(C)c1C(=O)Nc1ccc(N2CCOCC2)c2nonc12. The van der Waals surface area contributed by atoms with E-state index in [0.717, 1.165) is 18.8 Å². The van der Waals surface area contributed by atoms with E-state index in [2.05, 4.69) is 25.7 Å². The van der Waals surface area contributed by atoms with Gasteiger partial charge in [-0.1, -0.05) is 5.16 Å². The first-order chi connectivity index (χ1) is 12.1. The lowest BCUT2D eigenvalue weighted by atomic mass is 10.1. The molecule has 1 N–H and O–H groups in total. The summed E-state index contributed by atoms with van der Waals surface area (Å²) in [6.45, 7) is 6.29. The monoisotopic (exact) mass is 343 g/mol. The Kier molecular flexibility index (Phi) is 3.85. The number of carbonyl (C=O) groups is 1. The summed E-state index contributed by atoms with van der Waals surface area (Å²) >= 11 is 0. The predicted molar refractivity (Wildman–Crippen MR) is 88.8 cm³/mol. The number of rotatable bonds is 3. The van der Waals surface area contributed by atoms with Crippen LogP contribution in [-0.2, 0) is 4.74 Å². The van der Waals surface area contributed by atoms with Crippen molar-refractivity contribution in [3.8, 4) is 0 Å². The molecule has 0 radical (unpaired) electrons. The number of benzene rings is 1. The van der Waals surface area contributed by atoms with Crippen LogP contribution in [-0.4, -0.2) is 47.7 Å². The van der Waals surface area contributed by atoms with Crippen LogP contribution in [0.25, 0.3) is 11.0 Å². The van der Waals surface area contributed by atoms with Gasteiger partial charge in [-0.25, -0.2) is 4.63 Å². The number of amides is 1. The number of nitrogens with zero attached hydrogens (tertiary/aromatic N) is 4. The van der Waals surface area contributed by atoms with Gasteiger partial charge in [0.25, 0.3) is 5.91 Å². The van der Waals surface area contributed by atoms with E-state index in [9.17, 15) is 4.79 Å². The predicted octanol–water partition coefficient (Wildman–Crippen LogP) is 1.92. The van der Waals surface area contributed by atoms with E-state index >= 15 is 0 Å². The minimum atomic E-state index is -0.306. The molecule has 4 rings (SSSR count). The Bertz CT molecular complexity index is 906. The van der Waals surface area contributed by atoms with Gasteiger partial charge in [-0.3, -0.25) is 4.79 Å². The summed E-state index contributed by atoms with van der Waals surface area (Å²) in [4.78, 5) is 14.7. The first-order valence-corrected chi connectivity index (χ1v) is 7.97. The van der Waals surface area contributed by atoms with E-state index in [1.807, 2.05) is 6.07 Å². The Morgan fingerprint density at radius 3 is 2.60 bits per heavy atom. The number of carbonyl (C=O) groups excluding carboxylic acids is 1. The summed E-state index contributed by atoms with van der Waals surface area (Å²) in [7, 11) is 0. The van der Waals surface area contributed by atoms with Gasteiger partial charge in [-0.15, -0.1) is 0 Å². The van der Waals surface area contributed by atoms with Gasteiger partial charge in [-0.05, 0) is 36.3 Å². The highest BCUT2D eigenvalue weighted by Crippen LogP contribution is 2.31. The molecule has 0 atom stereocenters. The second-order valence-corrected chi connectivity index (χ2v) is 5.85. The van der Waals surface area contributed by atoms with E-state index in [4.69, 9.17) is 13.9 Å². The average Bonchev–Trinajstić information content (AvgIpc) is 3.23. The van der Waals surface area contributed by atoms with Gasteiger partial charge in [0.05, 0.1) is 30.3 Å². The van der Waals surface area contributed by atoms with E-state index in [1.165, 1.54) is 0 Å². The molecule has 1 aliphatic heterocycles. The molecule has 9 heteroatoms. The van der Waals surface area contributed by atoms with Crippen molar-refractivity contribution in [2.24, 2.45) is 0 Å². The van der Waals surface area contributed by atoms with Gasteiger partial charge in [0, 0.05) is 13.1 Å². The number of fused-ring (bicyclic) bond motifs is 1. The largest absolute Gasteiger partial charge is 0.378 e. The normalized spacial score (nSPS) is 14.9. The standard InChI is InChI=1S/C16H17N5O4/c1-9-13(10(2)24-18-9)16(22)17-11-3-4-12(15-14(11)19-25-20-15)21-5-7-23-8-6-21/h3-4H,5-8H2,1-2H3,(H,17,22). The number of nitrogens with one attached hydrogen (secondary N) is 1. The van der Waals surface area contributed by atoms with Gasteiger partial charge in [0.1, 0.15) is 11.3 Å². The zero-order valence-corrected chi connectivity index (χ0v) is 13.9. The molecule has 0 spiro atoms. The Morgan fingerprint density at radius 1 is 1.12 bits per heavy atom. The van der Waals surface area contributed by atoms with Crippen LogP contribution in [0.2, 0.25) is 0 Å². The number of aryl methyl sites for hydroxylation is 2. The van der Waals surface area contributed by atoms with E-state index in [-0.39, 0.29) is 5.91 Å². The molecule has 1 amide bonds. The van der Waals surface area contributed by atoms with Crippen LogP contribution >= 0.6 is 0 Å². The van der Waals surface area contributed by atoms with Crippen molar-refractivity contribution >= 4 is 28.3 Å². The fraction of sp³-hybridized carbons (Fsp3) is 0.375. The highest BCUT2D eigenvalue weighted by molar-refractivity contribution is 6.10. The van der Waals surface area contributed by atoms with Crippen molar-refractivity contribution in [3.63, 3.8) is 0 Å². The minimum absolute atomic E-state index is 0.306. The Balaban J connectivity index is 1.67. The van der Waals surface area contributed by atoms with Crippen molar-refractivity contribution in [3.05, 3.63) is 29.2 Å². The van der Waals surface area contributed by atoms with Gasteiger partial charge < -0.3 is 19.5 Å². The lowest BCUT2D eigenvalue weighted by Gasteiger charge is -2.28. The summed E-state index contributed by atoms with van der Waals surface area (Å²) in [6, 6.07) is 3.70. The molecule has 3 heterocycles. The minimum Gasteiger partial charge on any atom is -0.378 e. The van der Waals surface area contributed by atoms with Crippen LogP contribution in [0.15, 0.2) is 21.3 Å². The van der Waals surface area contributed by atoms with Crippen molar-refractivity contribution in [1.29, 1.82) is 0 Å². The first kappa shape index (κ1) is 15.6. The second kappa shape index (κ2) is 6.17. The summed E-state index contributed by atoms with van der Waals surface area (Å²) < 4.78 is 15.3. The van der Waals surface area contributed by atoms with Crippen molar-refractivity contribution in [2.45, 2.75) is 13.8 Å². The van der Waals surface area contributed by atoms with Crippen LogP contribution in [0, 0.1) is 13.8 Å². The van der Waals surface area contributed by atoms with Crippen LogP contribution in [0.4, 0.5) is 11.4 Å². The Labute approximate surface area is 142 Å². The van der Waals surface area contributed by atoms with Gasteiger partial charge in [0.2, 0.25) is 0 Å². The highest BCUT2D eigenvalue weighted by Gasteiger charge is 2.22. The molecule has 25 heavy (non-hydrogen) atoms. The topological polar surface area (TPSA) is 107 Å². The summed E-state index contributed by atoms with van der Waals surface area (Å²) in [5.41, 5.74) is 3.51. The molecule has 3 aromatic rings. The maximum Gasteiger partial charge on any atom is 0.261 e. The third kappa shape index (κ3) is 2.72. The Morgan fingerprint density at radius 2 is 1.88 bits per heavy atom. The zero-order valence-electron chi connectivity index (χ0n) is 13.9. The third-order valence-corrected chi connectivity index (χ3v) is 4.25. The average molecular weight is 343 g/mol. The van der Waals surface area contributed by atoms with Crippen LogP contribution in [0.1, 0.15) is 21.8 Å². The van der Waals surface area contributed by atoms with Crippen molar-refractivity contribution in [1.82, 2.24) is 15.5 Å². The van der Waals surface area contributed by atoms with Gasteiger partial charge in [0.15, 0.2) is 11.0 Å². The van der Waals surface area contributed by atoms with Crippen LogP contribution in [0.5, 0.6) is 0 Å². The lowest BCUT2D eigenvalue weighted by Crippen LogP contribution is -2.36. The molecule has 130 valence electrons. The fourth-order valence-corrected chi connectivity index (χ4v) is 3.01. The summed E-state index contributed by atoms with van der Waals surface area (Å²) in [5, 5.41) is 14.6.